The van der Waals surface area contributed by atoms with Gasteiger partial charge in [-0.1, -0.05) is 0 Å². The number of likely N-dealkylation sites (N-methyl/N-ethyl adjacent to an activating group) is 1. The normalized spacial score (nSPS) is 20.2. The summed E-state index contributed by atoms with van der Waals surface area (Å²) < 4.78 is 44.2. The summed E-state index contributed by atoms with van der Waals surface area (Å²) in [5, 5.41) is 0. The zero-order chi connectivity index (χ0) is 23.4. The maximum atomic E-state index is 13.2. The SMILES string of the molecule is CN(CC(=O)N1CCOCC1)C(=O)C1CCN(S(=O)(=O)c2ccc3c(c2)OCCCO3)CC1. The van der Waals surface area contributed by atoms with Gasteiger partial charge in [0.05, 0.1) is 37.9 Å². The lowest BCUT2D eigenvalue weighted by Gasteiger charge is -2.33. The molecule has 0 atom stereocenters. The number of ether oxygens (including phenoxy) is 3. The van der Waals surface area contributed by atoms with Crippen LogP contribution in [-0.2, 0) is 24.3 Å². The molecule has 0 spiro atoms. The predicted molar refractivity (Wildman–Crippen MR) is 119 cm³/mol. The number of amides is 2. The van der Waals surface area contributed by atoms with Crippen molar-refractivity contribution >= 4 is 21.8 Å². The van der Waals surface area contributed by atoms with Crippen LogP contribution in [0.2, 0.25) is 0 Å². The van der Waals surface area contributed by atoms with Crippen molar-refractivity contribution in [3.05, 3.63) is 18.2 Å². The molecule has 0 radical (unpaired) electrons. The van der Waals surface area contributed by atoms with Gasteiger partial charge in [-0.05, 0) is 25.0 Å². The third-order valence-electron chi connectivity index (χ3n) is 6.27. The van der Waals surface area contributed by atoms with Gasteiger partial charge in [0.2, 0.25) is 21.8 Å². The number of carbonyl (C=O) groups is 2. The number of carbonyl (C=O) groups excluding carboxylic acids is 2. The summed E-state index contributed by atoms with van der Waals surface area (Å²) in [7, 11) is -2.08. The van der Waals surface area contributed by atoms with Crippen molar-refractivity contribution in [2.75, 3.05) is 66.2 Å². The number of nitrogens with zero attached hydrogens (tertiary/aromatic N) is 3. The molecule has 1 aromatic rings. The van der Waals surface area contributed by atoms with E-state index in [-0.39, 0.29) is 42.3 Å². The highest BCUT2D eigenvalue weighted by atomic mass is 32.2. The van der Waals surface area contributed by atoms with Gasteiger partial charge in [0, 0.05) is 51.6 Å². The van der Waals surface area contributed by atoms with Crippen molar-refractivity contribution in [2.45, 2.75) is 24.2 Å². The van der Waals surface area contributed by atoms with Crippen LogP contribution < -0.4 is 9.47 Å². The fourth-order valence-corrected chi connectivity index (χ4v) is 5.79. The molecule has 11 heteroatoms. The number of morpholine rings is 1. The third-order valence-corrected chi connectivity index (χ3v) is 8.17. The van der Waals surface area contributed by atoms with E-state index in [9.17, 15) is 18.0 Å². The van der Waals surface area contributed by atoms with Gasteiger partial charge in [0.15, 0.2) is 11.5 Å². The molecule has 4 rings (SSSR count). The molecular weight excluding hydrogens is 450 g/mol. The number of sulfonamides is 1. The van der Waals surface area contributed by atoms with Gasteiger partial charge in [-0.25, -0.2) is 8.42 Å². The molecule has 10 nitrogen and oxygen atoms in total. The number of piperidine rings is 1. The van der Waals surface area contributed by atoms with Crippen LogP contribution in [0.25, 0.3) is 0 Å². The molecule has 1 aromatic carbocycles. The summed E-state index contributed by atoms with van der Waals surface area (Å²) in [5.74, 6) is 0.464. The number of hydrogen-bond donors (Lipinski definition) is 0. The molecule has 182 valence electrons. The zero-order valence-electron chi connectivity index (χ0n) is 18.9. The monoisotopic (exact) mass is 481 g/mol. The maximum Gasteiger partial charge on any atom is 0.243 e. The average molecular weight is 482 g/mol. The van der Waals surface area contributed by atoms with Crippen molar-refractivity contribution in [3.8, 4) is 11.5 Å². The summed E-state index contributed by atoms with van der Waals surface area (Å²) >= 11 is 0. The smallest absolute Gasteiger partial charge is 0.243 e. The van der Waals surface area contributed by atoms with E-state index in [1.807, 2.05) is 0 Å². The first kappa shape index (κ1) is 23.8. The van der Waals surface area contributed by atoms with E-state index in [0.29, 0.717) is 63.9 Å². The lowest BCUT2D eigenvalue weighted by molar-refractivity contribution is -0.144. The lowest BCUT2D eigenvalue weighted by atomic mass is 9.96. The van der Waals surface area contributed by atoms with Gasteiger partial charge >= 0.3 is 0 Å². The summed E-state index contributed by atoms with van der Waals surface area (Å²) in [6.45, 7) is 3.64. The molecule has 0 aromatic heterocycles. The minimum absolute atomic E-state index is 0.0224. The van der Waals surface area contributed by atoms with Crippen LogP contribution in [0.5, 0.6) is 11.5 Å². The molecule has 33 heavy (non-hydrogen) atoms. The van der Waals surface area contributed by atoms with E-state index in [2.05, 4.69) is 0 Å². The number of fused-ring (bicyclic) bond motifs is 1. The second-order valence-electron chi connectivity index (χ2n) is 8.52. The second kappa shape index (κ2) is 10.3. The van der Waals surface area contributed by atoms with Crippen molar-refractivity contribution in [2.24, 2.45) is 5.92 Å². The first-order valence-electron chi connectivity index (χ1n) is 11.4. The summed E-state index contributed by atoms with van der Waals surface area (Å²) in [6.07, 6.45) is 1.57. The van der Waals surface area contributed by atoms with Crippen LogP contribution in [-0.4, -0.2) is 101 Å². The molecule has 0 N–H and O–H groups in total. The van der Waals surface area contributed by atoms with Crippen molar-refractivity contribution in [1.82, 2.24) is 14.1 Å². The van der Waals surface area contributed by atoms with E-state index < -0.39 is 10.0 Å². The topological polar surface area (TPSA) is 106 Å². The highest BCUT2D eigenvalue weighted by Gasteiger charge is 2.34. The Morgan fingerprint density at radius 1 is 1.00 bits per heavy atom. The third kappa shape index (κ3) is 5.42. The lowest BCUT2D eigenvalue weighted by Crippen LogP contribution is -2.48. The highest BCUT2D eigenvalue weighted by Crippen LogP contribution is 2.34. The molecule has 2 saturated heterocycles. The quantitative estimate of drug-likeness (QED) is 0.605. The largest absolute Gasteiger partial charge is 0.490 e. The van der Waals surface area contributed by atoms with Gasteiger partial charge < -0.3 is 24.0 Å². The average Bonchev–Trinajstić information content (AvgIpc) is 3.09. The molecule has 3 aliphatic rings. The first-order valence-corrected chi connectivity index (χ1v) is 12.8. The Hall–Kier alpha value is -2.37. The van der Waals surface area contributed by atoms with Crippen LogP contribution in [0.4, 0.5) is 0 Å². The van der Waals surface area contributed by atoms with Gasteiger partial charge in [0.1, 0.15) is 0 Å². The predicted octanol–water partition coefficient (Wildman–Crippen LogP) is 0.566. The van der Waals surface area contributed by atoms with Crippen LogP contribution in [0, 0.1) is 5.92 Å². The molecule has 0 unspecified atom stereocenters. The van der Waals surface area contributed by atoms with Gasteiger partial charge in [0.25, 0.3) is 0 Å². The van der Waals surface area contributed by atoms with Crippen LogP contribution in [0.15, 0.2) is 23.1 Å². The fraction of sp³-hybridized carbons (Fsp3) is 0.636. The minimum Gasteiger partial charge on any atom is -0.490 e. The second-order valence-corrected chi connectivity index (χ2v) is 10.5. The number of rotatable bonds is 5. The molecule has 2 amide bonds. The zero-order valence-corrected chi connectivity index (χ0v) is 19.7. The van der Waals surface area contributed by atoms with E-state index in [0.717, 1.165) is 6.42 Å². The van der Waals surface area contributed by atoms with E-state index >= 15 is 0 Å². The Labute approximate surface area is 194 Å². The molecule has 3 heterocycles. The van der Waals surface area contributed by atoms with E-state index in [1.54, 1.807) is 18.0 Å². The summed E-state index contributed by atoms with van der Waals surface area (Å²) in [6, 6.07) is 4.67. The van der Waals surface area contributed by atoms with Crippen LogP contribution in [0.1, 0.15) is 19.3 Å². The molecule has 0 aliphatic carbocycles. The van der Waals surface area contributed by atoms with Crippen molar-refractivity contribution in [3.63, 3.8) is 0 Å². The van der Waals surface area contributed by atoms with Crippen LogP contribution in [0.3, 0.4) is 0 Å². The van der Waals surface area contributed by atoms with E-state index in [4.69, 9.17) is 14.2 Å². The molecule has 3 aliphatic heterocycles. The number of benzene rings is 1. The first-order chi connectivity index (χ1) is 15.9. The van der Waals surface area contributed by atoms with E-state index in [1.165, 1.54) is 21.3 Å². The van der Waals surface area contributed by atoms with Crippen molar-refractivity contribution in [1.29, 1.82) is 0 Å². The van der Waals surface area contributed by atoms with Gasteiger partial charge in [-0.2, -0.15) is 4.31 Å². The molecule has 0 bridgehead atoms. The van der Waals surface area contributed by atoms with Gasteiger partial charge in [-0.3, -0.25) is 9.59 Å². The Balaban J connectivity index is 1.33. The fourth-order valence-electron chi connectivity index (χ4n) is 4.30. The summed E-state index contributed by atoms with van der Waals surface area (Å²) in [5.41, 5.74) is 0. The standard InChI is InChI=1S/C22H31N3O7S/c1-23(16-21(26)24-9-13-30-14-10-24)22(27)17-5-7-25(8-6-17)33(28,29)18-3-4-19-20(15-18)32-12-2-11-31-19/h3-4,15,17H,2,5-14,16H2,1H3. The Morgan fingerprint density at radius 3 is 2.36 bits per heavy atom. The highest BCUT2D eigenvalue weighted by molar-refractivity contribution is 7.89. The Bertz CT molecular complexity index is 970. The number of hydrogen-bond acceptors (Lipinski definition) is 7. The molecule has 0 saturated carbocycles. The molecular formula is C22H31N3O7S. The van der Waals surface area contributed by atoms with Crippen molar-refractivity contribution < 1.29 is 32.2 Å². The van der Waals surface area contributed by atoms with Crippen LogP contribution >= 0.6 is 0 Å². The Morgan fingerprint density at radius 2 is 1.67 bits per heavy atom. The van der Waals surface area contributed by atoms with Gasteiger partial charge in [-0.15, -0.1) is 0 Å². The Kier molecular flexibility index (Phi) is 7.40. The summed E-state index contributed by atoms with van der Waals surface area (Å²) in [4.78, 5) is 28.6. The maximum absolute atomic E-state index is 13.2. The minimum atomic E-state index is -3.71. The molecule has 2 fully saturated rings.